The minimum absolute atomic E-state index is 0.129. The van der Waals surface area contributed by atoms with Crippen LogP contribution in [0.2, 0.25) is 0 Å². The Morgan fingerprint density at radius 1 is 1.04 bits per heavy atom. The molecule has 0 aliphatic rings. The van der Waals surface area contributed by atoms with Crippen molar-refractivity contribution >= 4 is 33.6 Å². The van der Waals surface area contributed by atoms with E-state index in [0.29, 0.717) is 11.3 Å². The minimum Gasteiger partial charge on any atom is -0.280 e. The summed E-state index contributed by atoms with van der Waals surface area (Å²) in [6.45, 7) is 1.59. The van der Waals surface area contributed by atoms with Crippen LogP contribution in [0.1, 0.15) is 16.8 Å². The third-order valence-electron chi connectivity index (χ3n) is 3.95. The van der Waals surface area contributed by atoms with Crippen molar-refractivity contribution in [2.75, 3.05) is 4.72 Å². The van der Waals surface area contributed by atoms with Gasteiger partial charge >= 0.3 is 0 Å². The average Bonchev–Trinajstić information content (AvgIpc) is 2.67. The van der Waals surface area contributed by atoms with Gasteiger partial charge in [0.05, 0.1) is 15.5 Å². The Bertz CT molecular complexity index is 1140. The molecule has 0 spiro atoms. The fourth-order valence-electron chi connectivity index (χ4n) is 2.56. The summed E-state index contributed by atoms with van der Waals surface area (Å²) in [4.78, 5) is 14.4. The lowest BCUT2D eigenvalue weighted by Gasteiger charge is -2.11. The van der Waals surface area contributed by atoms with E-state index in [1.807, 2.05) is 36.4 Å². The van der Waals surface area contributed by atoms with E-state index in [2.05, 4.69) is 9.71 Å². The summed E-state index contributed by atoms with van der Waals surface area (Å²) in [5.74, 6) is 0. The number of benzene rings is 2. The summed E-state index contributed by atoms with van der Waals surface area (Å²) in [5, 5.41) is 11.0. The highest BCUT2D eigenvalue weighted by Crippen LogP contribution is 2.24. The zero-order chi connectivity index (χ0) is 20.1. The third-order valence-corrected chi connectivity index (χ3v) is 5.47. The Kier molecular flexibility index (Phi) is 5.51. The number of aryl methyl sites for hydroxylation is 1. The fraction of sp³-hybridized carbons (Fsp3) is 0.0500. The summed E-state index contributed by atoms with van der Waals surface area (Å²) in [6.07, 6.45) is 5.32. The third kappa shape index (κ3) is 4.60. The number of pyridine rings is 1. The number of nitro benzene ring substituents is 1. The van der Waals surface area contributed by atoms with Crippen molar-refractivity contribution in [1.82, 2.24) is 4.98 Å². The number of aromatic nitrogens is 1. The van der Waals surface area contributed by atoms with Crippen molar-refractivity contribution in [2.45, 2.75) is 11.8 Å². The van der Waals surface area contributed by atoms with Gasteiger partial charge in [0.15, 0.2) is 0 Å². The molecule has 0 radical (unpaired) electrons. The summed E-state index contributed by atoms with van der Waals surface area (Å²) in [6, 6.07) is 16.1. The van der Waals surface area contributed by atoms with Gasteiger partial charge in [-0.15, -0.1) is 0 Å². The Labute approximate surface area is 162 Å². The van der Waals surface area contributed by atoms with Gasteiger partial charge in [0.2, 0.25) is 0 Å². The van der Waals surface area contributed by atoms with Crippen molar-refractivity contribution in [1.29, 1.82) is 0 Å². The zero-order valence-electron chi connectivity index (χ0n) is 14.9. The average molecular weight is 395 g/mol. The monoisotopic (exact) mass is 395 g/mol. The lowest BCUT2D eigenvalue weighted by molar-refractivity contribution is -0.385. The molecule has 0 unspecified atom stereocenters. The summed E-state index contributed by atoms with van der Waals surface area (Å²) < 4.78 is 27.9. The van der Waals surface area contributed by atoms with Gasteiger partial charge in [-0.25, -0.2) is 8.42 Å². The normalized spacial score (nSPS) is 11.5. The quantitative estimate of drug-likeness (QED) is 0.496. The highest BCUT2D eigenvalue weighted by molar-refractivity contribution is 7.92. The Morgan fingerprint density at radius 3 is 2.57 bits per heavy atom. The summed E-state index contributed by atoms with van der Waals surface area (Å²) >= 11 is 0. The summed E-state index contributed by atoms with van der Waals surface area (Å²) in [7, 11) is -3.97. The zero-order valence-corrected chi connectivity index (χ0v) is 15.8. The SMILES string of the molecule is Cc1ccc([N+](=O)[O-])cc1S(=O)(=O)Nc1cccc(/C=C/c2ccccn2)c1. The van der Waals surface area contributed by atoms with Crippen LogP contribution in [0.25, 0.3) is 12.2 Å². The predicted molar refractivity (Wildman–Crippen MR) is 108 cm³/mol. The van der Waals surface area contributed by atoms with Crippen LogP contribution in [0.3, 0.4) is 0 Å². The molecule has 0 bridgehead atoms. The van der Waals surface area contributed by atoms with Crippen LogP contribution < -0.4 is 4.72 Å². The first-order valence-corrected chi connectivity index (χ1v) is 9.80. The van der Waals surface area contributed by atoms with Crippen molar-refractivity contribution in [3.63, 3.8) is 0 Å². The van der Waals surface area contributed by atoms with E-state index in [9.17, 15) is 18.5 Å². The standard InChI is InChI=1S/C20H17N3O4S/c1-15-8-11-19(23(24)25)14-20(15)28(26,27)22-18-7-4-5-16(13-18)9-10-17-6-2-3-12-21-17/h2-14,22H,1H3/b10-9+. The van der Waals surface area contributed by atoms with E-state index < -0.39 is 14.9 Å². The molecule has 1 aromatic heterocycles. The van der Waals surface area contributed by atoms with Crippen LogP contribution in [0.5, 0.6) is 0 Å². The van der Waals surface area contributed by atoms with E-state index in [1.165, 1.54) is 12.1 Å². The highest BCUT2D eigenvalue weighted by Gasteiger charge is 2.20. The molecule has 0 aliphatic heterocycles. The Morgan fingerprint density at radius 2 is 1.86 bits per heavy atom. The second-order valence-corrected chi connectivity index (χ2v) is 7.68. The topological polar surface area (TPSA) is 102 Å². The second-order valence-electron chi connectivity index (χ2n) is 6.03. The number of anilines is 1. The number of rotatable bonds is 6. The lowest BCUT2D eigenvalue weighted by atomic mass is 10.2. The minimum atomic E-state index is -3.97. The van der Waals surface area contributed by atoms with Crippen LogP contribution in [0, 0.1) is 17.0 Å². The highest BCUT2D eigenvalue weighted by atomic mass is 32.2. The Hall–Kier alpha value is -3.52. The van der Waals surface area contributed by atoms with E-state index in [-0.39, 0.29) is 10.6 Å². The van der Waals surface area contributed by atoms with Crippen LogP contribution in [-0.4, -0.2) is 18.3 Å². The molecule has 0 aliphatic carbocycles. The van der Waals surface area contributed by atoms with Gasteiger partial charge in [-0.2, -0.15) is 0 Å². The molecule has 7 nitrogen and oxygen atoms in total. The van der Waals surface area contributed by atoms with Gasteiger partial charge in [0.25, 0.3) is 15.7 Å². The maximum absolute atomic E-state index is 12.7. The molecule has 0 atom stereocenters. The number of non-ortho nitro benzene ring substituents is 1. The maximum Gasteiger partial charge on any atom is 0.270 e. The molecule has 3 rings (SSSR count). The molecule has 142 valence electrons. The van der Waals surface area contributed by atoms with E-state index in [1.54, 1.807) is 31.3 Å². The van der Waals surface area contributed by atoms with Crippen molar-refractivity contribution in [2.24, 2.45) is 0 Å². The van der Waals surface area contributed by atoms with E-state index >= 15 is 0 Å². The first-order valence-electron chi connectivity index (χ1n) is 8.32. The fourth-order valence-corrected chi connectivity index (χ4v) is 3.88. The van der Waals surface area contributed by atoms with Crippen molar-refractivity contribution in [3.8, 4) is 0 Å². The first-order chi connectivity index (χ1) is 13.3. The molecule has 2 aromatic carbocycles. The maximum atomic E-state index is 12.7. The Balaban J connectivity index is 1.86. The van der Waals surface area contributed by atoms with Crippen LogP contribution >= 0.6 is 0 Å². The second kappa shape index (κ2) is 8.01. The van der Waals surface area contributed by atoms with Gasteiger partial charge in [-0.1, -0.05) is 30.3 Å². The van der Waals surface area contributed by atoms with Gasteiger partial charge in [-0.05, 0) is 48.4 Å². The number of sulfonamides is 1. The number of nitro groups is 1. The smallest absolute Gasteiger partial charge is 0.270 e. The first kappa shape index (κ1) is 19.2. The van der Waals surface area contributed by atoms with Crippen LogP contribution in [0.15, 0.2) is 71.8 Å². The molecule has 0 saturated carbocycles. The molecule has 0 fully saturated rings. The number of nitrogens with zero attached hydrogens (tertiary/aromatic N) is 2. The summed E-state index contributed by atoms with van der Waals surface area (Å²) in [5.41, 5.74) is 2.05. The lowest BCUT2D eigenvalue weighted by Crippen LogP contribution is -2.14. The molecule has 1 N–H and O–H groups in total. The van der Waals surface area contributed by atoms with Crippen molar-refractivity contribution in [3.05, 3.63) is 93.8 Å². The van der Waals surface area contributed by atoms with Gasteiger partial charge in [-0.3, -0.25) is 19.8 Å². The molecular formula is C20H17N3O4S. The molecule has 1 heterocycles. The molecule has 0 saturated heterocycles. The van der Waals surface area contributed by atoms with E-state index in [4.69, 9.17) is 0 Å². The van der Waals surface area contributed by atoms with Gasteiger partial charge in [0, 0.05) is 24.0 Å². The van der Waals surface area contributed by atoms with Crippen LogP contribution in [0.4, 0.5) is 11.4 Å². The number of hydrogen-bond acceptors (Lipinski definition) is 5. The molecule has 0 amide bonds. The van der Waals surface area contributed by atoms with Crippen LogP contribution in [-0.2, 0) is 10.0 Å². The van der Waals surface area contributed by atoms with E-state index in [0.717, 1.165) is 17.3 Å². The molecule has 3 aromatic rings. The molecular weight excluding hydrogens is 378 g/mol. The number of hydrogen-bond donors (Lipinski definition) is 1. The predicted octanol–water partition coefficient (Wildman–Crippen LogP) is 4.27. The molecule has 28 heavy (non-hydrogen) atoms. The van der Waals surface area contributed by atoms with Gasteiger partial charge < -0.3 is 0 Å². The molecule has 8 heteroatoms. The van der Waals surface area contributed by atoms with Crippen molar-refractivity contribution < 1.29 is 13.3 Å². The van der Waals surface area contributed by atoms with Gasteiger partial charge in [0.1, 0.15) is 0 Å². The number of nitrogens with one attached hydrogen (secondary N) is 1. The largest absolute Gasteiger partial charge is 0.280 e.